The number of likely N-dealkylation sites (tertiary alicyclic amines) is 1. The standard InChI is InChI=1S/C24H32ClN3O5/c1-4-12-26-20(30)17-18-22(32)28(16(5-2)13-29)19(24(18)11-10-23(17,3)33-24)21(31)27-15-8-6-14(25)7-9-15/h6-9,16-19,29H,4-5,10-13H2,1-3H3,(H,26,30)(H,27,31)/t16-,17-,18-,19?,23+,24?/m0/s1. The Hall–Kier alpha value is -2.16. The number of amides is 3. The number of benzene rings is 1. The summed E-state index contributed by atoms with van der Waals surface area (Å²) >= 11 is 5.97. The van der Waals surface area contributed by atoms with E-state index in [1.54, 1.807) is 24.3 Å². The molecule has 0 aromatic heterocycles. The highest BCUT2D eigenvalue weighted by atomic mass is 35.5. The van der Waals surface area contributed by atoms with Crippen LogP contribution in [0.4, 0.5) is 5.69 Å². The number of ether oxygens (including phenoxy) is 1. The molecule has 9 heteroatoms. The Bertz CT molecular complexity index is 937. The van der Waals surface area contributed by atoms with Gasteiger partial charge in [0.05, 0.1) is 30.1 Å². The van der Waals surface area contributed by atoms with Crippen LogP contribution in [-0.4, -0.2) is 64.2 Å². The number of aliphatic hydroxyl groups is 1. The Morgan fingerprint density at radius 3 is 2.55 bits per heavy atom. The molecule has 3 N–H and O–H groups in total. The molecule has 6 atom stereocenters. The highest BCUT2D eigenvalue weighted by Gasteiger charge is 2.78. The van der Waals surface area contributed by atoms with Gasteiger partial charge in [-0.15, -0.1) is 0 Å². The molecule has 180 valence electrons. The summed E-state index contributed by atoms with van der Waals surface area (Å²) in [5, 5.41) is 16.4. The van der Waals surface area contributed by atoms with Crippen molar-refractivity contribution in [1.29, 1.82) is 0 Å². The van der Waals surface area contributed by atoms with Crippen LogP contribution in [0.25, 0.3) is 0 Å². The second-order valence-electron chi connectivity index (χ2n) is 9.50. The van der Waals surface area contributed by atoms with E-state index >= 15 is 0 Å². The van der Waals surface area contributed by atoms with Crippen LogP contribution in [0.3, 0.4) is 0 Å². The lowest BCUT2D eigenvalue weighted by Gasteiger charge is -2.36. The van der Waals surface area contributed by atoms with Crippen molar-refractivity contribution < 1.29 is 24.2 Å². The molecule has 0 aliphatic carbocycles. The third-order valence-corrected chi connectivity index (χ3v) is 7.73. The minimum Gasteiger partial charge on any atom is -0.394 e. The van der Waals surface area contributed by atoms with Gasteiger partial charge in [0.2, 0.25) is 17.7 Å². The smallest absolute Gasteiger partial charge is 0.250 e. The molecular weight excluding hydrogens is 446 g/mol. The van der Waals surface area contributed by atoms with Gasteiger partial charge in [-0.2, -0.15) is 0 Å². The highest BCUT2D eigenvalue weighted by Crippen LogP contribution is 2.63. The Morgan fingerprint density at radius 2 is 1.94 bits per heavy atom. The molecule has 2 unspecified atom stereocenters. The van der Waals surface area contributed by atoms with Crippen LogP contribution in [0.2, 0.25) is 5.02 Å². The first-order valence-electron chi connectivity index (χ1n) is 11.7. The molecule has 3 fully saturated rings. The van der Waals surface area contributed by atoms with Gasteiger partial charge < -0.3 is 25.4 Å². The Balaban J connectivity index is 1.74. The van der Waals surface area contributed by atoms with E-state index in [0.29, 0.717) is 36.5 Å². The molecule has 4 rings (SSSR count). The number of aliphatic hydroxyl groups excluding tert-OH is 1. The molecule has 3 amide bonds. The summed E-state index contributed by atoms with van der Waals surface area (Å²) in [6.07, 6.45) is 2.32. The number of fused-ring (bicyclic) bond motifs is 1. The molecule has 3 aliphatic rings. The molecule has 3 aliphatic heterocycles. The largest absolute Gasteiger partial charge is 0.394 e. The van der Waals surface area contributed by atoms with Crippen molar-refractivity contribution in [2.75, 3.05) is 18.5 Å². The lowest BCUT2D eigenvalue weighted by molar-refractivity contribution is -0.148. The van der Waals surface area contributed by atoms with E-state index in [1.165, 1.54) is 4.90 Å². The summed E-state index contributed by atoms with van der Waals surface area (Å²) in [4.78, 5) is 42.1. The van der Waals surface area contributed by atoms with E-state index in [4.69, 9.17) is 16.3 Å². The number of rotatable bonds is 8. The van der Waals surface area contributed by atoms with Crippen LogP contribution >= 0.6 is 11.6 Å². The summed E-state index contributed by atoms with van der Waals surface area (Å²) in [5.41, 5.74) is -1.38. The zero-order valence-corrected chi connectivity index (χ0v) is 20.0. The predicted molar refractivity (Wildman–Crippen MR) is 124 cm³/mol. The molecular formula is C24H32ClN3O5. The quantitative estimate of drug-likeness (QED) is 0.532. The highest BCUT2D eigenvalue weighted by molar-refractivity contribution is 6.30. The summed E-state index contributed by atoms with van der Waals surface area (Å²) in [5.74, 6) is -2.35. The second kappa shape index (κ2) is 8.89. The van der Waals surface area contributed by atoms with Gasteiger partial charge >= 0.3 is 0 Å². The zero-order chi connectivity index (χ0) is 24.0. The van der Waals surface area contributed by atoms with Crippen molar-refractivity contribution in [2.45, 2.75) is 69.7 Å². The molecule has 3 saturated heterocycles. The van der Waals surface area contributed by atoms with Crippen molar-refractivity contribution in [3.8, 4) is 0 Å². The minimum atomic E-state index is -1.11. The number of anilines is 1. The summed E-state index contributed by atoms with van der Waals surface area (Å²) in [6.45, 7) is 5.93. The van der Waals surface area contributed by atoms with Crippen molar-refractivity contribution in [2.24, 2.45) is 11.8 Å². The van der Waals surface area contributed by atoms with E-state index in [1.807, 2.05) is 20.8 Å². The topological polar surface area (TPSA) is 108 Å². The van der Waals surface area contributed by atoms with E-state index in [9.17, 15) is 19.5 Å². The lowest BCUT2D eigenvalue weighted by Crippen LogP contribution is -2.56. The van der Waals surface area contributed by atoms with Crippen molar-refractivity contribution in [3.05, 3.63) is 29.3 Å². The molecule has 1 spiro atoms. The Morgan fingerprint density at radius 1 is 1.24 bits per heavy atom. The number of hydrogen-bond acceptors (Lipinski definition) is 5. The fraction of sp³-hybridized carbons (Fsp3) is 0.625. The molecule has 2 bridgehead atoms. The Kier molecular flexibility index (Phi) is 6.46. The van der Waals surface area contributed by atoms with Gasteiger partial charge in [0.1, 0.15) is 11.6 Å². The van der Waals surface area contributed by atoms with Crippen LogP contribution in [0.15, 0.2) is 24.3 Å². The maximum atomic E-state index is 13.8. The maximum Gasteiger partial charge on any atom is 0.250 e. The number of halogens is 1. The summed E-state index contributed by atoms with van der Waals surface area (Å²) in [6, 6.07) is 5.22. The molecule has 0 radical (unpaired) electrons. The van der Waals surface area contributed by atoms with Crippen LogP contribution < -0.4 is 10.6 Å². The third kappa shape index (κ3) is 3.72. The lowest BCUT2D eigenvalue weighted by atomic mass is 9.66. The van der Waals surface area contributed by atoms with E-state index in [2.05, 4.69) is 10.6 Å². The van der Waals surface area contributed by atoms with Crippen molar-refractivity contribution in [1.82, 2.24) is 10.2 Å². The Labute approximate surface area is 199 Å². The summed E-state index contributed by atoms with van der Waals surface area (Å²) < 4.78 is 6.53. The van der Waals surface area contributed by atoms with Crippen molar-refractivity contribution in [3.63, 3.8) is 0 Å². The van der Waals surface area contributed by atoms with Crippen LogP contribution in [0.1, 0.15) is 46.5 Å². The first kappa shape index (κ1) is 24.0. The van der Waals surface area contributed by atoms with Gasteiger partial charge in [-0.05, 0) is 56.9 Å². The average Bonchev–Trinajstić information content (AvgIpc) is 3.36. The van der Waals surface area contributed by atoms with Gasteiger partial charge in [-0.3, -0.25) is 14.4 Å². The third-order valence-electron chi connectivity index (χ3n) is 7.48. The molecule has 1 aromatic rings. The van der Waals surface area contributed by atoms with Crippen LogP contribution in [0.5, 0.6) is 0 Å². The molecule has 8 nitrogen and oxygen atoms in total. The molecule has 0 saturated carbocycles. The monoisotopic (exact) mass is 477 g/mol. The predicted octanol–water partition coefficient (Wildman–Crippen LogP) is 2.34. The summed E-state index contributed by atoms with van der Waals surface area (Å²) in [7, 11) is 0. The van der Waals surface area contributed by atoms with Gasteiger partial charge in [-0.1, -0.05) is 25.4 Å². The van der Waals surface area contributed by atoms with E-state index in [-0.39, 0.29) is 24.3 Å². The van der Waals surface area contributed by atoms with Crippen molar-refractivity contribution >= 4 is 35.0 Å². The SMILES string of the molecule is CCCNC(=O)[C@@H]1[C@H]2C(=O)N([C@@H](CC)CO)C(C(=O)Nc3ccc(Cl)cc3)C23CC[C@@]1(C)O3. The number of nitrogens with one attached hydrogen (secondary N) is 2. The molecule has 1 aromatic carbocycles. The van der Waals surface area contributed by atoms with Gasteiger partial charge in [-0.25, -0.2) is 0 Å². The zero-order valence-electron chi connectivity index (χ0n) is 19.3. The van der Waals surface area contributed by atoms with Gasteiger partial charge in [0, 0.05) is 17.3 Å². The fourth-order valence-electron chi connectivity index (χ4n) is 5.97. The fourth-order valence-corrected chi connectivity index (χ4v) is 6.10. The van der Waals surface area contributed by atoms with E-state index < -0.39 is 35.1 Å². The minimum absolute atomic E-state index is 0.213. The number of hydrogen-bond donors (Lipinski definition) is 3. The second-order valence-corrected chi connectivity index (χ2v) is 9.94. The number of nitrogens with zero attached hydrogens (tertiary/aromatic N) is 1. The van der Waals surface area contributed by atoms with Crippen LogP contribution in [0, 0.1) is 11.8 Å². The molecule has 33 heavy (non-hydrogen) atoms. The van der Waals surface area contributed by atoms with E-state index in [0.717, 1.165) is 6.42 Å². The first-order chi connectivity index (χ1) is 15.7. The molecule has 3 heterocycles. The number of carbonyl (C=O) groups excluding carboxylic acids is 3. The average molecular weight is 478 g/mol. The van der Waals surface area contributed by atoms with Gasteiger partial charge in [0.25, 0.3) is 0 Å². The number of carbonyl (C=O) groups is 3. The van der Waals surface area contributed by atoms with Gasteiger partial charge in [0.15, 0.2) is 0 Å². The first-order valence-corrected chi connectivity index (χ1v) is 12.1. The van der Waals surface area contributed by atoms with Crippen LogP contribution in [-0.2, 0) is 19.1 Å². The normalized spacial score (nSPS) is 33.2. The maximum absolute atomic E-state index is 13.8.